The fraction of sp³-hybridized carbons (Fsp3) is 0.250. The van der Waals surface area contributed by atoms with Crippen LogP contribution < -0.4 is 0 Å². The molecule has 0 saturated carbocycles. The molecule has 4 nitrogen and oxygen atoms in total. The maximum atomic E-state index is 11.1. The Morgan fingerprint density at radius 2 is 2.31 bits per heavy atom. The molecule has 1 aromatic heterocycles. The van der Waals surface area contributed by atoms with Gasteiger partial charge in [-0.15, -0.1) is 11.3 Å². The van der Waals surface area contributed by atoms with Crippen LogP contribution in [0.1, 0.15) is 21.1 Å². The fourth-order valence-electron chi connectivity index (χ4n) is 0.743. The molecule has 0 atom stereocenters. The molecule has 0 bridgehead atoms. The van der Waals surface area contributed by atoms with E-state index in [9.17, 15) is 4.79 Å². The first-order chi connectivity index (χ1) is 6.27. The summed E-state index contributed by atoms with van der Waals surface area (Å²) in [4.78, 5) is 15.7. The molecule has 0 radical (unpaired) electrons. The summed E-state index contributed by atoms with van der Waals surface area (Å²) in [6, 6.07) is 3.72. The van der Waals surface area contributed by atoms with Gasteiger partial charge in [0, 0.05) is 11.1 Å². The number of nitrogens with zero attached hydrogens (tertiary/aromatic N) is 3. The summed E-state index contributed by atoms with van der Waals surface area (Å²) in [5, 5.41) is 16.9. The number of nitriles is 2. The van der Waals surface area contributed by atoms with Crippen molar-refractivity contribution in [3.63, 3.8) is 0 Å². The smallest absolute Gasteiger partial charge is 0.205 e. The summed E-state index contributed by atoms with van der Waals surface area (Å²) in [6.45, 7) is 0. The highest BCUT2D eigenvalue weighted by Crippen LogP contribution is 2.14. The molecule has 0 spiro atoms. The zero-order chi connectivity index (χ0) is 9.68. The number of rotatable bonds is 3. The van der Waals surface area contributed by atoms with Crippen LogP contribution in [-0.2, 0) is 6.42 Å². The fourth-order valence-corrected chi connectivity index (χ4v) is 1.53. The molecule has 0 aliphatic heterocycles. The molecule has 0 amide bonds. The number of carbonyl (C=O) groups is 1. The van der Waals surface area contributed by atoms with E-state index in [-0.39, 0.29) is 18.6 Å². The van der Waals surface area contributed by atoms with Gasteiger partial charge in [0.1, 0.15) is 6.42 Å². The molecule has 1 aromatic rings. The number of carbonyl (C=O) groups excluding carboxylic acids is 1. The minimum absolute atomic E-state index is 0.153. The zero-order valence-corrected chi connectivity index (χ0v) is 7.47. The molecule has 1 heterocycles. The minimum Gasteiger partial charge on any atom is -0.290 e. The van der Waals surface area contributed by atoms with Gasteiger partial charge in [0.2, 0.25) is 5.78 Å². The van der Waals surface area contributed by atoms with Crippen LogP contribution in [0.25, 0.3) is 0 Å². The van der Waals surface area contributed by atoms with Crippen molar-refractivity contribution >= 4 is 17.1 Å². The maximum absolute atomic E-state index is 11.1. The van der Waals surface area contributed by atoms with Crippen molar-refractivity contribution in [2.24, 2.45) is 0 Å². The molecule has 1 rings (SSSR count). The van der Waals surface area contributed by atoms with E-state index in [2.05, 4.69) is 4.98 Å². The van der Waals surface area contributed by atoms with E-state index in [4.69, 9.17) is 10.5 Å². The second-order valence-corrected chi connectivity index (χ2v) is 3.34. The van der Waals surface area contributed by atoms with E-state index in [1.165, 1.54) is 17.5 Å². The van der Waals surface area contributed by atoms with Crippen molar-refractivity contribution in [1.82, 2.24) is 4.98 Å². The molecule has 0 aromatic carbocycles. The van der Waals surface area contributed by atoms with Crippen LogP contribution in [0.3, 0.4) is 0 Å². The Hall–Kier alpha value is -1.72. The Labute approximate surface area is 79.1 Å². The van der Waals surface area contributed by atoms with E-state index in [0.29, 0.717) is 5.01 Å². The van der Waals surface area contributed by atoms with Gasteiger partial charge in [-0.1, -0.05) is 0 Å². The molecular weight excluding hydrogens is 186 g/mol. The summed E-state index contributed by atoms with van der Waals surface area (Å²) in [5.41, 5.74) is 0. The number of ketones is 1. The summed E-state index contributed by atoms with van der Waals surface area (Å²) in [6.07, 6.45) is 1.61. The first-order valence-electron chi connectivity index (χ1n) is 3.49. The first kappa shape index (κ1) is 9.37. The third-order valence-corrected chi connectivity index (χ3v) is 2.32. The SMILES string of the molecule is N#CCC(=O)c1ncc(CC#N)s1. The number of Topliss-reactive ketones (excluding diaryl/α,β-unsaturated/α-hetero) is 1. The lowest BCUT2D eigenvalue weighted by Gasteiger charge is -1.84. The van der Waals surface area contributed by atoms with Gasteiger partial charge in [-0.25, -0.2) is 4.98 Å². The number of thiazole rings is 1. The Morgan fingerprint density at radius 1 is 1.54 bits per heavy atom. The van der Waals surface area contributed by atoms with Crippen LogP contribution in [0.5, 0.6) is 0 Å². The summed E-state index contributed by atoms with van der Waals surface area (Å²) in [7, 11) is 0. The van der Waals surface area contributed by atoms with Gasteiger partial charge in [0.05, 0.1) is 18.6 Å². The van der Waals surface area contributed by atoms with E-state index >= 15 is 0 Å². The Bertz CT molecular complexity index is 396. The Morgan fingerprint density at radius 3 is 2.92 bits per heavy atom. The molecule has 0 N–H and O–H groups in total. The second-order valence-electron chi connectivity index (χ2n) is 2.22. The topological polar surface area (TPSA) is 77.5 Å². The molecule has 13 heavy (non-hydrogen) atoms. The summed E-state index contributed by atoms with van der Waals surface area (Å²) < 4.78 is 0. The quantitative estimate of drug-likeness (QED) is 0.675. The summed E-state index contributed by atoms with van der Waals surface area (Å²) >= 11 is 1.17. The minimum atomic E-state index is -0.281. The van der Waals surface area contributed by atoms with Gasteiger partial charge < -0.3 is 0 Å². The van der Waals surface area contributed by atoms with Gasteiger partial charge >= 0.3 is 0 Å². The van der Waals surface area contributed by atoms with E-state index in [1.807, 2.05) is 6.07 Å². The zero-order valence-electron chi connectivity index (χ0n) is 6.65. The van der Waals surface area contributed by atoms with Crippen LogP contribution in [0.2, 0.25) is 0 Å². The average Bonchev–Trinajstić information content (AvgIpc) is 2.54. The highest BCUT2D eigenvalue weighted by molar-refractivity contribution is 7.13. The normalized spacial score (nSPS) is 8.77. The van der Waals surface area contributed by atoms with Crippen LogP contribution in [-0.4, -0.2) is 10.8 Å². The molecule has 0 fully saturated rings. The molecule has 0 aliphatic carbocycles. The predicted octanol–water partition coefficient (Wildman–Crippen LogP) is 1.31. The predicted molar refractivity (Wildman–Crippen MR) is 46.0 cm³/mol. The van der Waals surface area contributed by atoms with E-state index in [1.54, 1.807) is 6.07 Å². The summed E-state index contributed by atoms with van der Waals surface area (Å²) in [5.74, 6) is -0.281. The van der Waals surface area contributed by atoms with Gasteiger partial charge in [0.25, 0.3) is 0 Å². The van der Waals surface area contributed by atoms with Crippen molar-refractivity contribution in [2.45, 2.75) is 12.8 Å². The Balaban J connectivity index is 2.76. The molecule has 5 heteroatoms. The number of hydrogen-bond donors (Lipinski definition) is 0. The molecule has 64 valence electrons. The highest BCUT2D eigenvalue weighted by atomic mass is 32.1. The van der Waals surface area contributed by atoms with Crippen LogP contribution >= 0.6 is 11.3 Å². The lowest BCUT2D eigenvalue weighted by molar-refractivity contribution is 0.0997. The number of aromatic nitrogens is 1. The van der Waals surface area contributed by atoms with Crippen LogP contribution in [0.15, 0.2) is 6.20 Å². The lowest BCUT2D eigenvalue weighted by Crippen LogP contribution is -1.94. The molecule has 0 saturated heterocycles. The van der Waals surface area contributed by atoms with Crippen molar-refractivity contribution in [1.29, 1.82) is 10.5 Å². The molecule has 0 unspecified atom stereocenters. The standard InChI is InChI=1S/C8H5N3OS/c9-3-1-6-5-11-8(13-6)7(12)2-4-10/h5H,1-2H2. The van der Waals surface area contributed by atoms with Crippen LogP contribution in [0, 0.1) is 22.7 Å². The lowest BCUT2D eigenvalue weighted by atomic mass is 10.3. The maximum Gasteiger partial charge on any atom is 0.205 e. The van der Waals surface area contributed by atoms with Crippen LogP contribution in [0.4, 0.5) is 0 Å². The van der Waals surface area contributed by atoms with Crippen molar-refractivity contribution in [3.8, 4) is 12.1 Å². The van der Waals surface area contributed by atoms with Crippen molar-refractivity contribution in [3.05, 3.63) is 16.1 Å². The third kappa shape index (κ3) is 2.36. The monoisotopic (exact) mass is 191 g/mol. The Kier molecular flexibility index (Phi) is 3.13. The largest absolute Gasteiger partial charge is 0.290 e. The highest BCUT2D eigenvalue weighted by Gasteiger charge is 2.09. The van der Waals surface area contributed by atoms with Gasteiger partial charge in [-0.05, 0) is 0 Å². The van der Waals surface area contributed by atoms with Crippen molar-refractivity contribution in [2.75, 3.05) is 0 Å². The first-order valence-corrected chi connectivity index (χ1v) is 4.31. The third-order valence-electron chi connectivity index (χ3n) is 1.29. The average molecular weight is 191 g/mol. The van der Waals surface area contributed by atoms with Gasteiger partial charge in [0.15, 0.2) is 5.01 Å². The van der Waals surface area contributed by atoms with E-state index in [0.717, 1.165) is 4.88 Å². The second kappa shape index (κ2) is 4.34. The molecule has 0 aliphatic rings. The molecular formula is C8H5N3OS. The number of hydrogen-bond acceptors (Lipinski definition) is 5. The van der Waals surface area contributed by atoms with Gasteiger partial charge in [-0.2, -0.15) is 10.5 Å². The van der Waals surface area contributed by atoms with Gasteiger partial charge in [-0.3, -0.25) is 4.79 Å². The van der Waals surface area contributed by atoms with Crippen molar-refractivity contribution < 1.29 is 4.79 Å². The van der Waals surface area contributed by atoms with E-state index < -0.39 is 0 Å².